The van der Waals surface area contributed by atoms with Gasteiger partial charge in [0.05, 0.1) is 5.41 Å². The third kappa shape index (κ3) is 2.80. The lowest BCUT2D eigenvalue weighted by Gasteiger charge is -2.57. The van der Waals surface area contributed by atoms with E-state index < -0.39 is 0 Å². The van der Waals surface area contributed by atoms with E-state index in [1.54, 1.807) is 23.1 Å². The summed E-state index contributed by atoms with van der Waals surface area (Å²) in [7, 11) is 0. The minimum absolute atomic E-state index is 0.113. The van der Waals surface area contributed by atoms with E-state index in [2.05, 4.69) is 0 Å². The molecule has 4 aliphatic carbocycles. The molecule has 2 heterocycles. The molecular weight excluding hydrogens is 342 g/mol. The van der Waals surface area contributed by atoms with Crippen LogP contribution < -0.4 is 4.73 Å². The molecule has 6 rings (SSSR count). The van der Waals surface area contributed by atoms with Crippen molar-refractivity contribution in [2.45, 2.75) is 38.5 Å². The van der Waals surface area contributed by atoms with Gasteiger partial charge in [-0.25, -0.2) is 0 Å². The summed E-state index contributed by atoms with van der Waals surface area (Å²) in [5, 5.41) is 11.8. The SMILES string of the molecule is O=C(c1cccc[n+]1[O-])N1CCN(C(=O)C23CC4CC(CC(C4)C2)C3)CC1. The quantitative estimate of drug-likeness (QED) is 0.590. The second-order valence-corrected chi connectivity index (χ2v) is 9.19. The molecule has 5 fully saturated rings. The summed E-state index contributed by atoms with van der Waals surface area (Å²) >= 11 is 0. The summed E-state index contributed by atoms with van der Waals surface area (Å²) in [5.41, 5.74) is 0.0386. The molecule has 0 spiro atoms. The van der Waals surface area contributed by atoms with Crippen molar-refractivity contribution >= 4 is 11.8 Å². The van der Waals surface area contributed by atoms with Gasteiger partial charge in [-0.05, 0) is 62.3 Å². The smallest absolute Gasteiger partial charge is 0.320 e. The van der Waals surface area contributed by atoms with Crippen LogP contribution in [0.15, 0.2) is 24.4 Å². The summed E-state index contributed by atoms with van der Waals surface area (Å²) in [6.07, 6.45) is 8.59. The maximum atomic E-state index is 13.4. The van der Waals surface area contributed by atoms with Crippen molar-refractivity contribution in [2.75, 3.05) is 26.2 Å². The van der Waals surface area contributed by atoms with Crippen LogP contribution in [0.3, 0.4) is 0 Å². The van der Waals surface area contributed by atoms with E-state index in [0.29, 0.717) is 36.8 Å². The maximum absolute atomic E-state index is 13.4. The van der Waals surface area contributed by atoms with E-state index in [9.17, 15) is 14.8 Å². The molecule has 4 saturated carbocycles. The number of amides is 2. The van der Waals surface area contributed by atoms with Gasteiger partial charge in [0, 0.05) is 38.3 Å². The van der Waals surface area contributed by atoms with E-state index in [1.165, 1.54) is 25.5 Å². The molecule has 1 aromatic rings. The third-order valence-corrected chi connectivity index (χ3v) is 7.39. The molecule has 1 saturated heterocycles. The van der Waals surface area contributed by atoms with E-state index in [1.807, 2.05) is 4.90 Å². The summed E-state index contributed by atoms with van der Waals surface area (Å²) in [5.74, 6) is 2.37. The average molecular weight is 369 g/mol. The lowest BCUT2D eigenvalue weighted by molar-refractivity contribution is -0.608. The zero-order valence-corrected chi connectivity index (χ0v) is 15.7. The Morgan fingerprint density at radius 2 is 1.48 bits per heavy atom. The number of aromatic nitrogens is 1. The van der Waals surface area contributed by atoms with Gasteiger partial charge in [-0.3, -0.25) is 9.59 Å². The number of rotatable bonds is 2. The minimum atomic E-state index is -0.243. The Morgan fingerprint density at radius 1 is 0.926 bits per heavy atom. The summed E-state index contributed by atoms with van der Waals surface area (Å²) in [6.45, 7) is 2.17. The highest BCUT2D eigenvalue weighted by atomic mass is 16.5. The van der Waals surface area contributed by atoms with Gasteiger partial charge in [0.15, 0.2) is 6.20 Å². The predicted molar refractivity (Wildman–Crippen MR) is 98.5 cm³/mol. The lowest BCUT2D eigenvalue weighted by Crippen LogP contribution is -2.59. The van der Waals surface area contributed by atoms with Gasteiger partial charge in [-0.15, -0.1) is 0 Å². The highest BCUT2D eigenvalue weighted by Gasteiger charge is 2.55. The van der Waals surface area contributed by atoms with E-state index >= 15 is 0 Å². The van der Waals surface area contributed by atoms with Crippen LogP contribution in [0.5, 0.6) is 0 Å². The highest BCUT2D eigenvalue weighted by molar-refractivity contribution is 5.91. The van der Waals surface area contributed by atoms with Crippen LogP contribution in [0.25, 0.3) is 0 Å². The zero-order chi connectivity index (χ0) is 18.6. The van der Waals surface area contributed by atoms with Gasteiger partial charge in [0.2, 0.25) is 5.91 Å². The fourth-order valence-corrected chi connectivity index (χ4v) is 6.58. The molecule has 0 unspecified atom stereocenters. The van der Waals surface area contributed by atoms with Gasteiger partial charge < -0.3 is 15.0 Å². The first-order valence-corrected chi connectivity index (χ1v) is 10.3. The van der Waals surface area contributed by atoms with Gasteiger partial charge in [-0.2, -0.15) is 4.73 Å². The molecule has 0 aromatic carbocycles. The standard InChI is InChI=1S/C21H27N3O3/c25-19(18-3-1-2-4-24(18)27)22-5-7-23(8-6-22)20(26)21-12-15-9-16(13-21)11-17(10-15)14-21/h1-4,15-17H,5-14H2. The van der Waals surface area contributed by atoms with Crippen LogP contribution in [0.1, 0.15) is 49.0 Å². The van der Waals surface area contributed by atoms with Crippen molar-refractivity contribution in [3.8, 4) is 0 Å². The minimum Gasteiger partial charge on any atom is -0.618 e. The van der Waals surface area contributed by atoms with E-state index in [0.717, 1.165) is 37.0 Å². The van der Waals surface area contributed by atoms with Crippen LogP contribution in [0.2, 0.25) is 0 Å². The van der Waals surface area contributed by atoms with Crippen LogP contribution in [-0.2, 0) is 4.79 Å². The largest absolute Gasteiger partial charge is 0.618 e. The van der Waals surface area contributed by atoms with Crippen molar-refractivity contribution < 1.29 is 14.3 Å². The number of piperazine rings is 1. The summed E-state index contributed by atoms with van der Waals surface area (Å²) in [6, 6.07) is 4.88. The lowest BCUT2D eigenvalue weighted by atomic mass is 9.49. The molecule has 0 N–H and O–H groups in total. The molecule has 4 bridgehead atoms. The molecule has 0 radical (unpaired) electrons. The number of pyridine rings is 1. The average Bonchev–Trinajstić information content (AvgIpc) is 2.66. The molecule has 27 heavy (non-hydrogen) atoms. The van der Waals surface area contributed by atoms with Crippen molar-refractivity contribution in [3.63, 3.8) is 0 Å². The topological polar surface area (TPSA) is 67.6 Å². The van der Waals surface area contributed by atoms with E-state index in [4.69, 9.17) is 0 Å². The van der Waals surface area contributed by atoms with Crippen molar-refractivity contribution in [1.82, 2.24) is 9.80 Å². The molecule has 1 aromatic heterocycles. The Kier molecular flexibility index (Phi) is 3.92. The first kappa shape index (κ1) is 17.0. The second-order valence-electron chi connectivity index (χ2n) is 9.19. The molecule has 144 valence electrons. The molecule has 6 nitrogen and oxygen atoms in total. The van der Waals surface area contributed by atoms with Crippen LogP contribution in [0.4, 0.5) is 0 Å². The molecule has 5 aliphatic rings. The van der Waals surface area contributed by atoms with Gasteiger partial charge in [-0.1, -0.05) is 0 Å². The number of nitrogens with zero attached hydrogens (tertiary/aromatic N) is 3. The highest BCUT2D eigenvalue weighted by Crippen LogP contribution is 2.60. The number of hydrogen-bond donors (Lipinski definition) is 0. The van der Waals surface area contributed by atoms with Crippen molar-refractivity contribution in [3.05, 3.63) is 35.3 Å². The van der Waals surface area contributed by atoms with Crippen molar-refractivity contribution in [1.29, 1.82) is 0 Å². The zero-order valence-electron chi connectivity index (χ0n) is 15.7. The molecule has 2 amide bonds. The van der Waals surface area contributed by atoms with Gasteiger partial charge >= 0.3 is 5.91 Å². The fraction of sp³-hybridized carbons (Fsp3) is 0.667. The Morgan fingerprint density at radius 3 is 2.04 bits per heavy atom. The second kappa shape index (κ2) is 6.21. The number of carbonyl (C=O) groups is 2. The van der Waals surface area contributed by atoms with E-state index in [-0.39, 0.29) is 17.0 Å². The molecule has 6 heteroatoms. The Balaban J connectivity index is 1.25. The van der Waals surface area contributed by atoms with Crippen LogP contribution >= 0.6 is 0 Å². The normalized spacial score (nSPS) is 34.7. The predicted octanol–water partition coefficient (Wildman–Crippen LogP) is 1.82. The van der Waals surface area contributed by atoms with Crippen LogP contribution in [-0.4, -0.2) is 47.8 Å². The number of hydrogen-bond acceptors (Lipinski definition) is 3. The number of carbonyl (C=O) groups excluding carboxylic acids is 2. The Labute approximate surface area is 159 Å². The van der Waals surface area contributed by atoms with Gasteiger partial charge in [0.1, 0.15) is 0 Å². The molecule has 0 atom stereocenters. The van der Waals surface area contributed by atoms with Crippen LogP contribution in [0, 0.1) is 28.4 Å². The fourth-order valence-electron chi connectivity index (χ4n) is 6.58. The Hall–Kier alpha value is -2.11. The third-order valence-electron chi connectivity index (χ3n) is 7.39. The van der Waals surface area contributed by atoms with Gasteiger partial charge in [0.25, 0.3) is 5.69 Å². The van der Waals surface area contributed by atoms with Crippen molar-refractivity contribution in [2.24, 2.45) is 23.2 Å². The first-order chi connectivity index (χ1) is 13.0. The first-order valence-electron chi connectivity index (χ1n) is 10.3. The maximum Gasteiger partial charge on any atom is 0.320 e. The molecule has 1 aliphatic heterocycles. The Bertz CT molecular complexity index is 734. The molecular formula is C21H27N3O3. The monoisotopic (exact) mass is 369 g/mol. The summed E-state index contributed by atoms with van der Waals surface area (Å²) < 4.78 is 0.620. The summed E-state index contributed by atoms with van der Waals surface area (Å²) in [4.78, 5) is 29.7.